The predicted molar refractivity (Wildman–Crippen MR) is 98.0 cm³/mol. The minimum absolute atomic E-state index is 0.621. The van der Waals surface area contributed by atoms with E-state index in [0.717, 1.165) is 44.2 Å². The van der Waals surface area contributed by atoms with E-state index in [1.165, 1.54) is 42.1 Å². The van der Waals surface area contributed by atoms with Crippen LogP contribution in [0.5, 0.6) is 0 Å². The Bertz CT molecular complexity index is 656. The Kier molecular flexibility index (Phi) is 4.74. The number of anilines is 1. The molecule has 6 nitrogen and oxygen atoms in total. The number of aromatic nitrogens is 3. The molecule has 0 spiro atoms. The second kappa shape index (κ2) is 6.98. The third-order valence-corrected chi connectivity index (χ3v) is 6.48. The third kappa shape index (κ3) is 3.17. The molecule has 0 bridgehead atoms. The molecule has 0 aromatic carbocycles. The summed E-state index contributed by atoms with van der Waals surface area (Å²) in [7, 11) is 1.99. The van der Waals surface area contributed by atoms with Gasteiger partial charge in [-0.05, 0) is 32.6 Å². The van der Waals surface area contributed by atoms with Gasteiger partial charge in [-0.15, -0.1) is 0 Å². The summed E-state index contributed by atoms with van der Waals surface area (Å²) in [5.74, 6) is 0. The maximum absolute atomic E-state index is 5.46. The van der Waals surface area contributed by atoms with Gasteiger partial charge in [0, 0.05) is 39.3 Å². The van der Waals surface area contributed by atoms with Crippen LogP contribution < -0.4 is 4.90 Å². The molecule has 7 heteroatoms. The standard InChI is InChI=1S/C17H27N5OS/c1-13-15-16(20(2)19-13)18-17(24-15)22-7-4-3-5-14(22)6-8-21-9-11-23-12-10-21/h14H,3-12H2,1-2H3/t14-/m0/s1. The zero-order chi connectivity index (χ0) is 16.5. The number of ether oxygens (including phenoxy) is 1. The first-order valence-corrected chi connectivity index (χ1v) is 9.91. The first-order valence-electron chi connectivity index (χ1n) is 9.09. The van der Waals surface area contributed by atoms with Crippen LogP contribution >= 0.6 is 11.3 Å². The number of morpholine rings is 1. The van der Waals surface area contributed by atoms with E-state index < -0.39 is 0 Å². The average molecular weight is 350 g/mol. The first kappa shape index (κ1) is 16.3. The van der Waals surface area contributed by atoms with E-state index >= 15 is 0 Å². The van der Waals surface area contributed by atoms with E-state index in [-0.39, 0.29) is 0 Å². The number of nitrogens with zero attached hydrogens (tertiary/aromatic N) is 5. The summed E-state index contributed by atoms with van der Waals surface area (Å²) < 4.78 is 8.62. The molecule has 2 aliphatic rings. The SMILES string of the molecule is Cc1nn(C)c2nc(N3CCCC[C@H]3CCN3CCOCC3)sc12. The predicted octanol–water partition coefficient (Wildman–Crippen LogP) is 2.42. The van der Waals surface area contributed by atoms with Crippen molar-refractivity contribution in [1.29, 1.82) is 0 Å². The van der Waals surface area contributed by atoms with E-state index in [9.17, 15) is 0 Å². The summed E-state index contributed by atoms with van der Waals surface area (Å²) in [5, 5.41) is 5.67. The van der Waals surface area contributed by atoms with Crippen molar-refractivity contribution in [3.8, 4) is 0 Å². The summed E-state index contributed by atoms with van der Waals surface area (Å²) >= 11 is 1.81. The summed E-state index contributed by atoms with van der Waals surface area (Å²) in [5.41, 5.74) is 2.13. The number of hydrogen-bond acceptors (Lipinski definition) is 6. The molecule has 132 valence electrons. The highest BCUT2D eigenvalue weighted by atomic mass is 32.1. The molecule has 0 N–H and O–H groups in total. The lowest BCUT2D eigenvalue weighted by molar-refractivity contribution is 0.0362. The fourth-order valence-corrected chi connectivity index (χ4v) is 5.04. The topological polar surface area (TPSA) is 46.4 Å². The summed E-state index contributed by atoms with van der Waals surface area (Å²) in [6, 6.07) is 0.621. The van der Waals surface area contributed by atoms with Gasteiger partial charge >= 0.3 is 0 Å². The van der Waals surface area contributed by atoms with Crippen LogP contribution in [0.4, 0.5) is 5.13 Å². The summed E-state index contributed by atoms with van der Waals surface area (Å²) in [4.78, 5) is 10.0. The molecule has 0 aliphatic carbocycles. The van der Waals surface area contributed by atoms with Crippen molar-refractivity contribution >= 4 is 26.8 Å². The normalized spacial score (nSPS) is 23.2. The van der Waals surface area contributed by atoms with Gasteiger partial charge in [0.1, 0.15) is 0 Å². The fourth-order valence-electron chi connectivity index (χ4n) is 3.91. The van der Waals surface area contributed by atoms with Crippen LogP contribution in [0.1, 0.15) is 31.4 Å². The molecule has 2 aromatic heterocycles. The lowest BCUT2D eigenvalue weighted by Crippen LogP contribution is -2.43. The van der Waals surface area contributed by atoms with Crippen LogP contribution in [0.2, 0.25) is 0 Å². The van der Waals surface area contributed by atoms with Crippen molar-refractivity contribution in [2.45, 2.75) is 38.6 Å². The molecule has 0 saturated carbocycles. The monoisotopic (exact) mass is 349 g/mol. The zero-order valence-electron chi connectivity index (χ0n) is 14.7. The first-order chi connectivity index (χ1) is 11.7. The number of piperidine rings is 1. The van der Waals surface area contributed by atoms with E-state index in [2.05, 4.69) is 21.8 Å². The van der Waals surface area contributed by atoms with Crippen LogP contribution in [-0.2, 0) is 11.8 Å². The Morgan fingerprint density at radius 1 is 1.21 bits per heavy atom. The lowest BCUT2D eigenvalue weighted by atomic mass is 9.99. The second-order valence-corrected chi connectivity index (χ2v) is 7.92. The molecule has 0 radical (unpaired) electrons. The molecule has 4 rings (SSSR count). The number of hydrogen-bond donors (Lipinski definition) is 0. The van der Waals surface area contributed by atoms with E-state index in [1.807, 2.05) is 23.1 Å². The van der Waals surface area contributed by atoms with Crippen molar-refractivity contribution < 1.29 is 4.74 Å². The van der Waals surface area contributed by atoms with Gasteiger partial charge in [0.05, 0.1) is 23.6 Å². The molecule has 2 fully saturated rings. The van der Waals surface area contributed by atoms with E-state index in [1.54, 1.807) is 0 Å². The van der Waals surface area contributed by atoms with Gasteiger partial charge in [0.2, 0.25) is 0 Å². The van der Waals surface area contributed by atoms with Gasteiger partial charge in [-0.1, -0.05) is 11.3 Å². The Hall–Kier alpha value is -1.18. The van der Waals surface area contributed by atoms with Gasteiger partial charge in [-0.3, -0.25) is 4.90 Å². The molecule has 24 heavy (non-hydrogen) atoms. The molecule has 0 unspecified atom stereocenters. The molecule has 4 heterocycles. The van der Waals surface area contributed by atoms with Gasteiger partial charge in [-0.25, -0.2) is 9.67 Å². The lowest BCUT2D eigenvalue weighted by Gasteiger charge is -2.37. The largest absolute Gasteiger partial charge is 0.379 e. The van der Waals surface area contributed by atoms with Crippen molar-refractivity contribution in [2.24, 2.45) is 7.05 Å². The number of aryl methyl sites for hydroxylation is 2. The van der Waals surface area contributed by atoms with Gasteiger partial charge in [0.25, 0.3) is 0 Å². The summed E-state index contributed by atoms with van der Waals surface area (Å²) in [6.45, 7) is 8.33. The van der Waals surface area contributed by atoms with Gasteiger partial charge in [0.15, 0.2) is 10.8 Å². The third-order valence-electron chi connectivity index (χ3n) is 5.29. The Balaban J connectivity index is 1.48. The maximum Gasteiger partial charge on any atom is 0.188 e. The minimum atomic E-state index is 0.621. The van der Waals surface area contributed by atoms with Gasteiger partial charge < -0.3 is 9.64 Å². The second-order valence-electron chi connectivity index (χ2n) is 6.94. The highest BCUT2D eigenvalue weighted by molar-refractivity contribution is 7.22. The summed E-state index contributed by atoms with van der Waals surface area (Å²) in [6.07, 6.45) is 5.14. The van der Waals surface area contributed by atoms with Crippen LogP contribution in [0, 0.1) is 6.92 Å². The highest BCUT2D eigenvalue weighted by Gasteiger charge is 2.27. The average Bonchev–Trinajstić information content (AvgIpc) is 3.16. The molecular weight excluding hydrogens is 322 g/mol. The maximum atomic E-state index is 5.46. The number of thiazole rings is 1. The van der Waals surface area contributed by atoms with Crippen molar-refractivity contribution in [3.05, 3.63) is 5.69 Å². The molecule has 0 amide bonds. The Morgan fingerprint density at radius 2 is 2.04 bits per heavy atom. The highest BCUT2D eigenvalue weighted by Crippen LogP contribution is 2.34. The van der Waals surface area contributed by atoms with Crippen molar-refractivity contribution in [2.75, 3.05) is 44.3 Å². The van der Waals surface area contributed by atoms with Crippen molar-refractivity contribution in [1.82, 2.24) is 19.7 Å². The quantitative estimate of drug-likeness (QED) is 0.848. The smallest absolute Gasteiger partial charge is 0.188 e. The zero-order valence-corrected chi connectivity index (χ0v) is 15.5. The molecule has 2 aliphatic heterocycles. The van der Waals surface area contributed by atoms with Crippen molar-refractivity contribution in [3.63, 3.8) is 0 Å². The van der Waals surface area contributed by atoms with E-state index in [0.29, 0.717) is 6.04 Å². The van der Waals surface area contributed by atoms with Gasteiger partial charge in [-0.2, -0.15) is 5.10 Å². The number of fused-ring (bicyclic) bond motifs is 1. The molecule has 1 atom stereocenters. The number of rotatable bonds is 4. The molecule has 2 aromatic rings. The fraction of sp³-hybridized carbons (Fsp3) is 0.765. The minimum Gasteiger partial charge on any atom is -0.379 e. The van der Waals surface area contributed by atoms with Crippen LogP contribution in [0.15, 0.2) is 0 Å². The Labute approximate surface area is 147 Å². The molecular formula is C17H27N5OS. The molecule has 2 saturated heterocycles. The van der Waals surface area contributed by atoms with Crippen LogP contribution in [-0.4, -0.2) is 65.1 Å². The van der Waals surface area contributed by atoms with E-state index in [4.69, 9.17) is 9.72 Å². The Morgan fingerprint density at radius 3 is 2.83 bits per heavy atom. The van der Waals surface area contributed by atoms with Crippen LogP contribution in [0.25, 0.3) is 10.3 Å². The van der Waals surface area contributed by atoms with Crippen LogP contribution in [0.3, 0.4) is 0 Å².